The van der Waals surface area contributed by atoms with Crippen molar-refractivity contribution in [2.24, 2.45) is 10.9 Å². The molecule has 2 N–H and O–H groups in total. The molecule has 140 valence electrons. The maximum atomic E-state index is 11.6. The largest absolute Gasteiger partial charge is 0.355 e. The van der Waals surface area contributed by atoms with Crippen LogP contribution in [-0.4, -0.2) is 94.6 Å². The van der Waals surface area contributed by atoms with Gasteiger partial charge in [0.15, 0.2) is 15.8 Å². The van der Waals surface area contributed by atoms with Gasteiger partial charge in [-0.2, -0.15) is 0 Å². The molecule has 2 atom stereocenters. The summed E-state index contributed by atoms with van der Waals surface area (Å²) in [5.41, 5.74) is 0. The predicted molar refractivity (Wildman–Crippen MR) is 99.3 cm³/mol. The molecule has 0 bridgehead atoms. The SMILES string of the molecule is CN=C(NCC(C(C)C)N1CCN(C)CC1)NC1CCS(=O)(=O)C1. The van der Waals surface area contributed by atoms with Crippen LogP contribution in [0.1, 0.15) is 20.3 Å². The Hall–Kier alpha value is -0.860. The highest BCUT2D eigenvalue weighted by atomic mass is 32.2. The summed E-state index contributed by atoms with van der Waals surface area (Å²) in [6.07, 6.45) is 0.662. The first-order chi connectivity index (χ1) is 11.3. The van der Waals surface area contributed by atoms with E-state index >= 15 is 0 Å². The van der Waals surface area contributed by atoms with Crippen LogP contribution in [-0.2, 0) is 9.84 Å². The summed E-state index contributed by atoms with van der Waals surface area (Å²) in [7, 11) is 1.03. The third-order valence-corrected chi connectivity index (χ3v) is 6.82. The molecule has 0 spiro atoms. The van der Waals surface area contributed by atoms with Gasteiger partial charge in [0.1, 0.15) is 0 Å². The van der Waals surface area contributed by atoms with Crippen LogP contribution in [0, 0.1) is 5.92 Å². The van der Waals surface area contributed by atoms with Crippen LogP contribution in [0.3, 0.4) is 0 Å². The molecule has 0 aromatic heterocycles. The van der Waals surface area contributed by atoms with Crippen LogP contribution in [0.2, 0.25) is 0 Å². The molecule has 24 heavy (non-hydrogen) atoms. The van der Waals surface area contributed by atoms with Crippen molar-refractivity contribution in [3.8, 4) is 0 Å². The smallest absolute Gasteiger partial charge is 0.191 e. The van der Waals surface area contributed by atoms with Crippen molar-refractivity contribution in [3.63, 3.8) is 0 Å². The van der Waals surface area contributed by atoms with Gasteiger partial charge in [0.2, 0.25) is 0 Å². The Kier molecular flexibility index (Phi) is 6.88. The Morgan fingerprint density at radius 1 is 1.25 bits per heavy atom. The Bertz CT molecular complexity index is 527. The van der Waals surface area contributed by atoms with Crippen LogP contribution in [0.4, 0.5) is 0 Å². The number of likely N-dealkylation sites (N-methyl/N-ethyl adjacent to an activating group) is 1. The van der Waals surface area contributed by atoms with Crippen molar-refractivity contribution < 1.29 is 8.42 Å². The van der Waals surface area contributed by atoms with Gasteiger partial charge >= 0.3 is 0 Å². The maximum Gasteiger partial charge on any atom is 0.191 e. The lowest BCUT2D eigenvalue weighted by Crippen LogP contribution is -2.55. The number of nitrogens with zero attached hydrogens (tertiary/aromatic N) is 3. The fourth-order valence-electron chi connectivity index (χ4n) is 3.44. The maximum absolute atomic E-state index is 11.6. The van der Waals surface area contributed by atoms with Gasteiger partial charge in [-0.25, -0.2) is 8.42 Å². The zero-order valence-corrected chi connectivity index (χ0v) is 16.3. The van der Waals surface area contributed by atoms with E-state index in [1.807, 2.05) is 0 Å². The van der Waals surface area contributed by atoms with E-state index < -0.39 is 9.84 Å². The average molecular weight is 360 g/mol. The standard InChI is InChI=1S/C16H33N5O2S/c1-13(2)15(21-8-6-20(4)7-9-21)11-18-16(17-3)19-14-5-10-24(22,23)12-14/h13-15H,5-12H2,1-4H3,(H2,17,18,19). The number of sulfone groups is 1. The van der Waals surface area contributed by atoms with Gasteiger partial charge in [0.25, 0.3) is 0 Å². The molecule has 2 unspecified atom stereocenters. The Morgan fingerprint density at radius 3 is 2.42 bits per heavy atom. The van der Waals surface area contributed by atoms with Crippen molar-refractivity contribution in [3.05, 3.63) is 0 Å². The van der Waals surface area contributed by atoms with Gasteiger partial charge in [0, 0.05) is 51.9 Å². The van der Waals surface area contributed by atoms with Gasteiger partial charge in [-0.05, 0) is 19.4 Å². The van der Waals surface area contributed by atoms with Crippen molar-refractivity contribution in [2.75, 3.05) is 58.3 Å². The molecular formula is C16H33N5O2S. The van der Waals surface area contributed by atoms with Crippen molar-refractivity contribution >= 4 is 15.8 Å². The van der Waals surface area contributed by atoms with E-state index in [2.05, 4.69) is 46.3 Å². The van der Waals surface area contributed by atoms with E-state index in [-0.39, 0.29) is 17.5 Å². The first kappa shape index (κ1) is 19.5. The normalized spacial score (nSPS) is 27.4. The van der Waals surface area contributed by atoms with Gasteiger partial charge in [-0.3, -0.25) is 9.89 Å². The molecule has 0 radical (unpaired) electrons. The second-order valence-corrected chi connectivity index (χ2v) is 9.58. The molecule has 0 aliphatic carbocycles. The molecule has 2 aliphatic heterocycles. The van der Waals surface area contributed by atoms with E-state index in [9.17, 15) is 8.42 Å². The molecule has 2 saturated heterocycles. The summed E-state index contributed by atoms with van der Waals surface area (Å²) in [5.74, 6) is 1.74. The summed E-state index contributed by atoms with van der Waals surface area (Å²) < 4.78 is 23.2. The minimum absolute atomic E-state index is 0.0256. The van der Waals surface area contributed by atoms with E-state index in [0.29, 0.717) is 24.3 Å². The monoisotopic (exact) mass is 359 g/mol. The first-order valence-electron chi connectivity index (χ1n) is 8.91. The zero-order chi connectivity index (χ0) is 17.7. The highest BCUT2D eigenvalue weighted by molar-refractivity contribution is 7.91. The number of guanidine groups is 1. The van der Waals surface area contributed by atoms with E-state index in [4.69, 9.17) is 0 Å². The zero-order valence-electron chi connectivity index (χ0n) is 15.5. The Morgan fingerprint density at radius 2 is 1.92 bits per heavy atom. The lowest BCUT2D eigenvalue weighted by molar-refractivity contribution is 0.0900. The summed E-state index contributed by atoms with van der Waals surface area (Å²) in [6.45, 7) is 9.73. The quantitative estimate of drug-likeness (QED) is 0.514. The van der Waals surface area contributed by atoms with Crippen LogP contribution in [0.5, 0.6) is 0 Å². The highest BCUT2D eigenvalue weighted by Crippen LogP contribution is 2.13. The van der Waals surface area contributed by atoms with Gasteiger partial charge in [-0.1, -0.05) is 13.8 Å². The molecule has 2 heterocycles. The summed E-state index contributed by atoms with van der Waals surface area (Å²) in [6, 6.07) is 0.423. The Labute approximate surface area is 146 Å². The van der Waals surface area contributed by atoms with Gasteiger partial charge in [0.05, 0.1) is 11.5 Å². The summed E-state index contributed by atoms with van der Waals surface area (Å²) >= 11 is 0. The van der Waals surface area contributed by atoms with E-state index in [0.717, 1.165) is 32.7 Å². The number of piperazine rings is 1. The number of hydrogen-bond donors (Lipinski definition) is 2. The van der Waals surface area contributed by atoms with E-state index in [1.165, 1.54) is 0 Å². The fourth-order valence-corrected chi connectivity index (χ4v) is 5.11. The second kappa shape index (κ2) is 8.49. The van der Waals surface area contributed by atoms with Crippen molar-refractivity contribution in [1.29, 1.82) is 0 Å². The number of nitrogens with one attached hydrogen (secondary N) is 2. The van der Waals surface area contributed by atoms with Crippen molar-refractivity contribution in [1.82, 2.24) is 20.4 Å². The number of hydrogen-bond acceptors (Lipinski definition) is 5. The van der Waals surface area contributed by atoms with Gasteiger partial charge in [-0.15, -0.1) is 0 Å². The molecular weight excluding hydrogens is 326 g/mol. The van der Waals surface area contributed by atoms with Crippen LogP contribution in [0.25, 0.3) is 0 Å². The van der Waals surface area contributed by atoms with Crippen LogP contribution >= 0.6 is 0 Å². The lowest BCUT2D eigenvalue weighted by atomic mass is 10.0. The van der Waals surface area contributed by atoms with Crippen LogP contribution < -0.4 is 10.6 Å². The van der Waals surface area contributed by atoms with E-state index in [1.54, 1.807) is 7.05 Å². The van der Waals surface area contributed by atoms with Gasteiger partial charge < -0.3 is 15.5 Å². The average Bonchev–Trinajstić information content (AvgIpc) is 2.86. The summed E-state index contributed by atoms with van der Waals surface area (Å²) in [5, 5.41) is 6.66. The molecule has 0 amide bonds. The molecule has 0 aromatic rings. The third-order valence-electron chi connectivity index (χ3n) is 5.05. The summed E-state index contributed by atoms with van der Waals surface area (Å²) in [4.78, 5) is 9.17. The minimum atomic E-state index is -2.87. The lowest BCUT2D eigenvalue weighted by Gasteiger charge is -2.40. The minimum Gasteiger partial charge on any atom is -0.355 e. The molecule has 8 heteroatoms. The Balaban J connectivity index is 1.85. The molecule has 2 aliphatic rings. The molecule has 7 nitrogen and oxygen atoms in total. The first-order valence-corrected chi connectivity index (χ1v) is 10.7. The number of rotatable bonds is 5. The second-order valence-electron chi connectivity index (χ2n) is 7.35. The number of aliphatic imine (C=N–C) groups is 1. The van der Waals surface area contributed by atoms with Crippen LogP contribution in [0.15, 0.2) is 4.99 Å². The third kappa shape index (κ3) is 5.60. The van der Waals surface area contributed by atoms with Crippen molar-refractivity contribution in [2.45, 2.75) is 32.4 Å². The fraction of sp³-hybridized carbons (Fsp3) is 0.938. The topological polar surface area (TPSA) is 77.0 Å². The molecule has 2 fully saturated rings. The molecule has 2 rings (SSSR count). The predicted octanol–water partition coefficient (Wildman–Crippen LogP) is -0.389. The molecule has 0 aromatic carbocycles. The molecule has 0 saturated carbocycles. The highest BCUT2D eigenvalue weighted by Gasteiger charge is 2.29.